The van der Waals surface area contributed by atoms with Crippen molar-refractivity contribution in [2.24, 2.45) is 0 Å². The molecule has 0 saturated carbocycles. The predicted octanol–water partition coefficient (Wildman–Crippen LogP) is 4.61. The molecule has 1 heterocycles. The topological polar surface area (TPSA) is 84.3 Å². The molecule has 0 unspecified atom stereocenters. The highest BCUT2D eigenvalue weighted by Crippen LogP contribution is 2.27. The van der Waals surface area contributed by atoms with E-state index in [4.69, 9.17) is 27.9 Å². The standard InChI is InChI=1S/C19H23Cl2N3O3/c1-11(2)27-8-4-7-22-17-15(12(3)23-18(24-17)19(25)26)9-13-5-6-14(20)10-16(13)21/h5-6,10-11H,4,7-9H2,1-3H3,(H,25,26)(H,22,23,24). The minimum Gasteiger partial charge on any atom is -0.475 e. The molecule has 27 heavy (non-hydrogen) atoms. The lowest BCUT2D eigenvalue weighted by atomic mass is 10.0. The zero-order valence-electron chi connectivity index (χ0n) is 15.6. The van der Waals surface area contributed by atoms with E-state index in [0.29, 0.717) is 41.1 Å². The van der Waals surface area contributed by atoms with Crippen LogP contribution in [-0.2, 0) is 11.2 Å². The van der Waals surface area contributed by atoms with Gasteiger partial charge in [-0.25, -0.2) is 14.8 Å². The van der Waals surface area contributed by atoms with Crippen molar-refractivity contribution in [1.82, 2.24) is 9.97 Å². The minimum atomic E-state index is -1.17. The molecule has 0 aliphatic heterocycles. The van der Waals surface area contributed by atoms with Crippen LogP contribution in [-0.4, -0.2) is 40.3 Å². The van der Waals surface area contributed by atoms with Gasteiger partial charge < -0.3 is 15.2 Å². The average Bonchev–Trinajstić information content (AvgIpc) is 2.58. The van der Waals surface area contributed by atoms with Crippen molar-refractivity contribution in [3.05, 3.63) is 50.9 Å². The number of ether oxygens (including phenoxy) is 1. The fourth-order valence-corrected chi connectivity index (χ4v) is 2.98. The third-order valence-corrected chi connectivity index (χ3v) is 4.44. The van der Waals surface area contributed by atoms with Crippen LogP contribution < -0.4 is 5.32 Å². The molecule has 0 bridgehead atoms. The smallest absolute Gasteiger partial charge is 0.374 e. The van der Waals surface area contributed by atoms with Crippen molar-refractivity contribution in [2.75, 3.05) is 18.5 Å². The molecule has 0 fully saturated rings. The highest BCUT2D eigenvalue weighted by Gasteiger charge is 2.17. The molecular formula is C19H23Cl2N3O3. The second-order valence-corrected chi connectivity index (χ2v) is 7.22. The first kappa shape index (κ1) is 21.4. The molecule has 1 aromatic heterocycles. The first-order chi connectivity index (χ1) is 12.8. The molecule has 146 valence electrons. The van der Waals surface area contributed by atoms with E-state index in [1.807, 2.05) is 19.9 Å². The van der Waals surface area contributed by atoms with Gasteiger partial charge in [-0.2, -0.15) is 0 Å². The van der Waals surface area contributed by atoms with Crippen LogP contribution >= 0.6 is 23.2 Å². The molecule has 0 radical (unpaired) electrons. The summed E-state index contributed by atoms with van der Waals surface area (Å²) >= 11 is 12.2. The Kier molecular flexibility index (Phi) is 7.83. The third kappa shape index (κ3) is 6.34. The van der Waals surface area contributed by atoms with Crippen LogP contribution in [0.5, 0.6) is 0 Å². The molecule has 0 spiro atoms. The highest BCUT2D eigenvalue weighted by atomic mass is 35.5. The number of benzene rings is 1. The zero-order valence-corrected chi connectivity index (χ0v) is 17.1. The van der Waals surface area contributed by atoms with Gasteiger partial charge in [-0.05, 0) is 44.9 Å². The van der Waals surface area contributed by atoms with Gasteiger partial charge >= 0.3 is 5.97 Å². The molecule has 2 N–H and O–H groups in total. The quantitative estimate of drug-likeness (QED) is 0.586. The molecule has 2 aromatic rings. The molecule has 6 nitrogen and oxygen atoms in total. The second-order valence-electron chi connectivity index (χ2n) is 6.38. The average molecular weight is 412 g/mol. The van der Waals surface area contributed by atoms with Crippen LogP contribution in [0.2, 0.25) is 10.0 Å². The largest absolute Gasteiger partial charge is 0.475 e. The van der Waals surface area contributed by atoms with Gasteiger partial charge in [-0.1, -0.05) is 29.3 Å². The van der Waals surface area contributed by atoms with Crippen LogP contribution in [0.1, 0.15) is 47.7 Å². The molecule has 2 rings (SSSR count). The zero-order chi connectivity index (χ0) is 20.0. The first-order valence-electron chi connectivity index (χ1n) is 8.68. The van der Waals surface area contributed by atoms with E-state index in [0.717, 1.165) is 17.5 Å². The summed E-state index contributed by atoms with van der Waals surface area (Å²) in [6.45, 7) is 6.94. The summed E-state index contributed by atoms with van der Waals surface area (Å²) in [6, 6.07) is 5.28. The van der Waals surface area contributed by atoms with Crippen molar-refractivity contribution in [3.63, 3.8) is 0 Å². The van der Waals surface area contributed by atoms with Gasteiger partial charge in [0, 0.05) is 40.9 Å². The first-order valence-corrected chi connectivity index (χ1v) is 9.43. The lowest BCUT2D eigenvalue weighted by molar-refractivity contribution is 0.0683. The molecule has 1 aromatic carbocycles. The lowest BCUT2D eigenvalue weighted by Gasteiger charge is -2.15. The van der Waals surface area contributed by atoms with Crippen molar-refractivity contribution < 1.29 is 14.6 Å². The maximum Gasteiger partial charge on any atom is 0.374 e. The number of carboxylic acid groups (broad SMARTS) is 1. The molecule has 0 aliphatic carbocycles. The number of aryl methyl sites for hydroxylation is 1. The number of nitrogens with zero attached hydrogens (tertiary/aromatic N) is 2. The number of hydrogen-bond donors (Lipinski definition) is 2. The van der Waals surface area contributed by atoms with Gasteiger partial charge in [0.15, 0.2) is 0 Å². The Hall–Kier alpha value is -1.89. The fraction of sp³-hybridized carbons (Fsp3) is 0.421. The molecule has 0 saturated heterocycles. The summed E-state index contributed by atoms with van der Waals surface area (Å²) in [5.74, 6) is -0.907. The van der Waals surface area contributed by atoms with Gasteiger partial charge in [-0.3, -0.25) is 0 Å². The highest BCUT2D eigenvalue weighted by molar-refractivity contribution is 6.35. The van der Waals surface area contributed by atoms with Crippen LogP contribution in [0.25, 0.3) is 0 Å². The van der Waals surface area contributed by atoms with Crippen LogP contribution in [0.4, 0.5) is 5.82 Å². The number of nitrogens with one attached hydrogen (secondary N) is 1. The van der Waals surface area contributed by atoms with E-state index >= 15 is 0 Å². The maximum absolute atomic E-state index is 11.3. The number of halogens is 2. The number of carbonyl (C=O) groups is 1. The minimum absolute atomic E-state index is 0.174. The van der Waals surface area contributed by atoms with Crippen LogP contribution in [0.3, 0.4) is 0 Å². The molecule has 8 heteroatoms. The lowest BCUT2D eigenvalue weighted by Crippen LogP contribution is -2.15. The van der Waals surface area contributed by atoms with Gasteiger partial charge in [-0.15, -0.1) is 0 Å². The van der Waals surface area contributed by atoms with Crippen molar-refractivity contribution >= 4 is 35.0 Å². The van der Waals surface area contributed by atoms with Gasteiger partial charge in [0.2, 0.25) is 5.82 Å². The van der Waals surface area contributed by atoms with Gasteiger partial charge in [0.1, 0.15) is 5.82 Å². The fourth-order valence-electron chi connectivity index (χ4n) is 2.50. The van der Waals surface area contributed by atoms with Crippen molar-refractivity contribution in [2.45, 2.75) is 39.7 Å². The van der Waals surface area contributed by atoms with Crippen molar-refractivity contribution in [3.8, 4) is 0 Å². The summed E-state index contributed by atoms with van der Waals surface area (Å²) in [6.07, 6.45) is 1.41. The van der Waals surface area contributed by atoms with Gasteiger partial charge in [0.05, 0.1) is 6.10 Å². The number of carboxylic acids is 1. The Bertz CT molecular complexity index is 813. The molecular weight excluding hydrogens is 389 g/mol. The van der Waals surface area contributed by atoms with E-state index in [-0.39, 0.29) is 11.9 Å². The van der Waals surface area contributed by atoms with E-state index in [1.54, 1.807) is 19.1 Å². The van der Waals surface area contributed by atoms with Crippen LogP contribution in [0, 0.1) is 6.92 Å². The summed E-state index contributed by atoms with van der Waals surface area (Å²) in [5, 5.41) is 13.6. The number of hydrogen-bond acceptors (Lipinski definition) is 5. The molecule has 0 aliphatic rings. The molecule has 0 atom stereocenters. The Labute approximate surface area is 168 Å². The van der Waals surface area contributed by atoms with E-state index < -0.39 is 5.97 Å². The third-order valence-electron chi connectivity index (χ3n) is 3.85. The van der Waals surface area contributed by atoms with Gasteiger partial charge in [0.25, 0.3) is 0 Å². The van der Waals surface area contributed by atoms with E-state index in [1.165, 1.54) is 0 Å². The second kappa shape index (κ2) is 9.88. The predicted molar refractivity (Wildman–Crippen MR) is 107 cm³/mol. The van der Waals surface area contributed by atoms with Crippen LogP contribution in [0.15, 0.2) is 18.2 Å². The maximum atomic E-state index is 11.3. The Morgan fingerprint density at radius 3 is 2.67 bits per heavy atom. The van der Waals surface area contributed by atoms with Crippen molar-refractivity contribution in [1.29, 1.82) is 0 Å². The van der Waals surface area contributed by atoms with E-state index in [9.17, 15) is 9.90 Å². The number of anilines is 1. The Morgan fingerprint density at radius 2 is 2.04 bits per heavy atom. The SMILES string of the molecule is Cc1nc(C(=O)O)nc(NCCCOC(C)C)c1Cc1ccc(Cl)cc1Cl. The summed E-state index contributed by atoms with van der Waals surface area (Å²) in [7, 11) is 0. The normalized spacial score (nSPS) is 11.0. The monoisotopic (exact) mass is 411 g/mol. The summed E-state index contributed by atoms with van der Waals surface area (Å²) < 4.78 is 5.52. The summed E-state index contributed by atoms with van der Waals surface area (Å²) in [5.41, 5.74) is 2.25. The Morgan fingerprint density at radius 1 is 1.30 bits per heavy atom. The molecule has 0 amide bonds. The number of aromatic nitrogens is 2. The van der Waals surface area contributed by atoms with E-state index in [2.05, 4.69) is 15.3 Å². The number of rotatable bonds is 9. The summed E-state index contributed by atoms with van der Waals surface area (Å²) in [4.78, 5) is 19.6. The Balaban J connectivity index is 2.24. The number of aromatic carboxylic acids is 1.